The van der Waals surface area contributed by atoms with Crippen molar-refractivity contribution in [3.8, 4) is 0 Å². The molecule has 0 atom stereocenters. The highest BCUT2D eigenvalue weighted by Gasteiger charge is 2.05. The molecule has 2 aromatic carbocycles. The first kappa shape index (κ1) is 13.7. The summed E-state index contributed by atoms with van der Waals surface area (Å²) in [6, 6.07) is 9.91. The van der Waals surface area contributed by atoms with E-state index in [0.717, 1.165) is 4.47 Å². The Labute approximate surface area is 123 Å². The van der Waals surface area contributed by atoms with Crippen molar-refractivity contribution in [1.29, 1.82) is 0 Å². The number of rotatable bonds is 3. The van der Waals surface area contributed by atoms with Crippen molar-refractivity contribution in [2.24, 2.45) is 0 Å². The zero-order valence-corrected chi connectivity index (χ0v) is 12.3. The van der Waals surface area contributed by atoms with Crippen LogP contribution in [0.2, 0.25) is 10.0 Å². The van der Waals surface area contributed by atoms with Crippen LogP contribution in [0.3, 0.4) is 0 Å². The third-order valence-corrected chi connectivity index (χ3v) is 3.46. The molecule has 1 nitrogen and oxygen atoms in total. The maximum absolute atomic E-state index is 13.5. The van der Waals surface area contributed by atoms with Gasteiger partial charge in [0.05, 0.1) is 10.7 Å². The van der Waals surface area contributed by atoms with Gasteiger partial charge in [-0.3, -0.25) is 0 Å². The molecule has 0 heterocycles. The molecule has 0 spiro atoms. The summed E-state index contributed by atoms with van der Waals surface area (Å²) < 4.78 is 14.4. The second kappa shape index (κ2) is 5.91. The minimum absolute atomic E-state index is 0.260. The summed E-state index contributed by atoms with van der Waals surface area (Å²) in [5, 5.41) is 4.19. The molecule has 0 amide bonds. The fraction of sp³-hybridized carbons (Fsp3) is 0.0769. The van der Waals surface area contributed by atoms with Gasteiger partial charge in [0.2, 0.25) is 0 Å². The fourth-order valence-electron chi connectivity index (χ4n) is 1.50. The second-order valence-corrected chi connectivity index (χ2v) is 5.47. The Morgan fingerprint density at radius 2 is 1.89 bits per heavy atom. The molecule has 0 fully saturated rings. The van der Waals surface area contributed by atoms with Gasteiger partial charge in [-0.1, -0.05) is 39.1 Å². The van der Waals surface area contributed by atoms with Crippen LogP contribution in [0.15, 0.2) is 40.9 Å². The number of anilines is 1. The predicted octanol–water partition coefficient (Wildman–Crippen LogP) is 5.51. The van der Waals surface area contributed by atoms with Crippen molar-refractivity contribution >= 4 is 44.8 Å². The second-order valence-electron chi connectivity index (χ2n) is 3.71. The number of hydrogen-bond donors (Lipinski definition) is 1. The number of hydrogen-bond acceptors (Lipinski definition) is 1. The average molecular weight is 349 g/mol. The topological polar surface area (TPSA) is 12.0 Å². The van der Waals surface area contributed by atoms with Gasteiger partial charge in [0.25, 0.3) is 0 Å². The molecule has 0 bridgehead atoms. The van der Waals surface area contributed by atoms with Crippen LogP contribution in [0.5, 0.6) is 0 Å². The average Bonchev–Trinajstić information content (AvgIpc) is 2.34. The molecule has 0 saturated carbocycles. The van der Waals surface area contributed by atoms with E-state index in [1.807, 2.05) is 0 Å². The first-order valence-corrected chi connectivity index (χ1v) is 6.74. The normalized spacial score (nSPS) is 10.4. The molecule has 0 aromatic heterocycles. The van der Waals surface area contributed by atoms with Gasteiger partial charge >= 0.3 is 0 Å². The number of benzene rings is 2. The number of halogens is 4. The molecule has 0 aliphatic rings. The lowest BCUT2D eigenvalue weighted by molar-refractivity contribution is 0.612. The molecule has 0 radical (unpaired) electrons. The number of nitrogens with one attached hydrogen (secondary N) is 1. The summed E-state index contributed by atoms with van der Waals surface area (Å²) in [7, 11) is 0. The molecule has 0 unspecified atom stereocenters. The molecule has 0 aliphatic carbocycles. The van der Waals surface area contributed by atoms with E-state index in [9.17, 15) is 4.39 Å². The zero-order valence-electron chi connectivity index (χ0n) is 9.18. The van der Waals surface area contributed by atoms with E-state index < -0.39 is 0 Å². The summed E-state index contributed by atoms with van der Waals surface area (Å²) in [5.74, 6) is -0.260. The summed E-state index contributed by atoms with van der Waals surface area (Å²) in [6.07, 6.45) is 0. The summed E-state index contributed by atoms with van der Waals surface area (Å²) >= 11 is 15.2. The van der Waals surface area contributed by atoms with E-state index >= 15 is 0 Å². The monoisotopic (exact) mass is 347 g/mol. The standard InChI is InChI=1S/C13H9BrCl2FN/c14-9-1-4-12(17)8(5-9)7-18-13-6-10(15)2-3-11(13)16/h1-6,18H,7H2. The smallest absolute Gasteiger partial charge is 0.128 e. The molecule has 0 saturated heterocycles. The van der Waals surface area contributed by atoms with Crippen LogP contribution >= 0.6 is 39.1 Å². The lowest BCUT2D eigenvalue weighted by atomic mass is 10.2. The molecular formula is C13H9BrCl2FN. The van der Waals surface area contributed by atoms with E-state index in [0.29, 0.717) is 27.8 Å². The van der Waals surface area contributed by atoms with E-state index in [1.165, 1.54) is 6.07 Å². The molecule has 2 rings (SSSR count). The highest BCUT2D eigenvalue weighted by Crippen LogP contribution is 2.26. The zero-order chi connectivity index (χ0) is 13.1. The molecule has 0 aliphatic heterocycles. The van der Waals surface area contributed by atoms with E-state index in [-0.39, 0.29) is 5.82 Å². The van der Waals surface area contributed by atoms with Crippen LogP contribution in [0.4, 0.5) is 10.1 Å². The summed E-state index contributed by atoms with van der Waals surface area (Å²) in [4.78, 5) is 0. The summed E-state index contributed by atoms with van der Waals surface area (Å²) in [6.45, 7) is 0.339. The fourth-order valence-corrected chi connectivity index (χ4v) is 2.27. The van der Waals surface area contributed by atoms with Gasteiger partial charge in [0.15, 0.2) is 0 Å². The van der Waals surface area contributed by atoms with Crippen molar-refractivity contribution in [2.75, 3.05) is 5.32 Å². The Morgan fingerprint density at radius 1 is 1.11 bits per heavy atom. The molecule has 2 aromatic rings. The first-order chi connectivity index (χ1) is 8.56. The van der Waals surface area contributed by atoms with Crippen LogP contribution in [-0.4, -0.2) is 0 Å². The minimum atomic E-state index is -0.260. The van der Waals surface area contributed by atoms with Gasteiger partial charge < -0.3 is 5.32 Å². The third-order valence-electron chi connectivity index (χ3n) is 2.41. The Balaban J connectivity index is 2.16. The first-order valence-electron chi connectivity index (χ1n) is 5.19. The van der Waals surface area contributed by atoms with Gasteiger partial charge in [-0.2, -0.15) is 0 Å². The van der Waals surface area contributed by atoms with Gasteiger partial charge in [-0.25, -0.2) is 4.39 Å². The maximum atomic E-state index is 13.5. The van der Waals surface area contributed by atoms with Gasteiger partial charge in [-0.15, -0.1) is 0 Å². The third kappa shape index (κ3) is 3.37. The molecule has 1 N–H and O–H groups in total. The molecule has 94 valence electrons. The summed E-state index contributed by atoms with van der Waals surface area (Å²) in [5.41, 5.74) is 1.24. The molecule has 5 heteroatoms. The van der Waals surface area contributed by atoms with Crippen LogP contribution in [0, 0.1) is 5.82 Å². The maximum Gasteiger partial charge on any atom is 0.128 e. The molecule has 18 heavy (non-hydrogen) atoms. The van der Waals surface area contributed by atoms with Crippen molar-refractivity contribution in [3.05, 3.63) is 62.3 Å². The van der Waals surface area contributed by atoms with E-state index in [4.69, 9.17) is 23.2 Å². The van der Waals surface area contributed by atoms with Crippen molar-refractivity contribution in [3.63, 3.8) is 0 Å². The lowest BCUT2D eigenvalue weighted by Gasteiger charge is -2.10. The highest BCUT2D eigenvalue weighted by molar-refractivity contribution is 9.10. The lowest BCUT2D eigenvalue weighted by Crippen LogP contribution is -2.02. The predicted molar refractivity (Wildman–Crippen MR) is 77.9 cm³/mol. The SMILES string of the molecule is Fc1ccc(Br)cc1CNc1cc(Cl)ccc1Cl. The van der Waals surface area contributed by atoms with Gasteiger partial charge in [0, 0.05) is 21.6 Å². The minimum Gasteiger partial charge on any atom is -0.380 e. The van der Waals surface area contributed by atoms with Crippen LogP contribution in [0.25, 0.3) is 0 Å². The van der Waals surface area contributed by atoms with Crippen molar-refractivity contribution in [1.82, 2.24) is 0 Å². The van der Waals surface area contributed by atoms with Crippen molar-refractivity contribution in [2.45, 2.75) is 6.54 Å². The van der Waals surface area contributed by atoms with Crippen LogP contribution in [0.1, 0.15) is 5.56 Å². The quantitative estimate of drug-likeness (QED) is 0.771. The van der Waals surface area contributed by atoms with Crippen molar-refractivity contribution < 1.29 is 4.39 Å². The highest BCUT2D eigenvalue weighted by atomic mass is 79.9. The Kier molecular flexibility index (Phi) is 4.49. The Bertz CT molecular complexity index is 523. The van der Waals surface area contributed by atoms with Crippen LogP contribution < -0.4 is 5.32 Å². The Morgan fingerprint density at radius 3 is 2.67 bits per heavy atom. The molecular weight excluding hydrogens is 340 g/mol. The Hall–Kier alpha value is -0.770. The van der Waals surface area contributed by atoms with E-state index in [2.05, 4.69) is 21.2 Å². The largest absolute Gasteiger partial charge is 0.380 e. The van der Waals surface area contributed by atoms with Gasteiger partial charge in [-0.05, 0) is 36.4 Å². The van der Waals surface area contributed by atoms with E-state index in [1.54, 1.807) is 30.3 Å². The van der Waals surface area contributed by atoms with Crippen LogP contribution in [-0.2, 0) is 6.54 Å². The van der Waals surface area contributed by atoms with Gasteiger partial charge in [0.1, 0.15) is 5.82 Å².